The van der Waals surface area contributed by atoms with Crippen molar-refractivity contribution in [3.63, 3.8) is 0 Å². The lowest BCUT2D eigenvalue weighted by atomic mass is 10.3. The highest BCUT2D eigenvalue weighted by Gasteiger charge is 2.09. The van der Waals surface area contributed by atoms with Gasteiger partial charge in [0.05, 0.1) is 12.2 Å². The number of rotatable bonds is 5. The zero-order valence-electron chi connectivity index (χ0n) is 9.91. The van der Waals surface area contributed by atoms with Crippen LogP contribution in [0.3, 0.4) is 0 Å². The normalized spacial score (nSPS) is 10.2. The smallest absolute Gasteiger partial charge is 0.337 e. The first-order chi connectivity index (χ1) is 9.16. The lowest BCUT2D eigenvalue weighted by Crippen LogP contribution is -2.05. The third-order valence-electron chi connectivity index (χ3n) is 2.38. The van der Waals surface area contributed by atoms with Crippen molar-refractivity contribution in [2.75, 3.05) is 6.61 Å². The van der Waals surface area contributed by atoms with Crippen molar-refractivity contribution in [1.29, 1.82) is 0 Å². The monoisotopic (exact) mass is 278 g/mol. The van der Waals surface area contributed by atoms with Gasteiger partial charge in [0.15, 0.2) is 0 Å². The number of ether oxygens (including phenoxy) is 1. The lowest BCUT2D eigenvalue weighted by molar-refractivity contribution is 0.0696. The van der Waals surface area contributed by atoms with E-state index in [1.54, 1.807) is 6.20 Å². The van der Waals surface area contributed by atoms with Gasteiger partial charge >= 0.3 is 5.97 Å². The fourth-order valence-corrected chi connectivity index (χ4v) is 1.67. The number of nitrogens with zero attached hydrogens (tertiary/aromatic N) is 2. The molecule has 2 heterocycles. The van der Waals surface area contributed by atoms with Gasteiger partial charge in [-0.3, -0.25) is 4.98 Å². The predicted molar refractivity (Wildman–Crippen MR) is 69.6 cm³/mol. The summed E-state index contributed by atoms with van der Waals surface area (Å²) in [6, 6.07) is 6.95. The van der Waals surface area contributed by atoms with Crippen LogP contribution in [-0.2, 0) is 6.42 Å². The first kappa shape index (κ1) is 13.3. The quantitative estimate of drug-likeness (QED) is 0.909. The molecule has 0 saturated heterocycles. The number of aromatic carboxylic acids is 1. The number of pyridine rings is 2. The summed E-state index contributed by atoms with van der Waals surface area (Å²) in [7, 11) is 0. The minimum Gasteiger partial charge on any atom is -0.478 e. The van der Waals surface area contributed by atoms with Gasteiger partial charge in [-0.2, -0.15) is 0 Å². The number of hydrogen-bond acceptors (Lipinski definition) is 4. The zero-order chi connectivity index (χ0) is 13.7. The third-order valence-corrected chi connectivity index (χ3v) is 2.65. The van der Waals surface area contributed by atoms with Gasteiger partial charge in [0.1, 0.15) is 5.02 Å². The summed E-state index contributed by atoms with van der Waals surface area (Å²) >= 11 is 5.89. The molecule has 98 valence electrons. The van der Waals surface area contributed by atoms with E-state index in [1.807, 2.05) is 18.2 Å². The average Bonchev–Trinajstić information content (AvgIpc) is 2.41. The lowest BCUT2D eigenvalue weighted by Gasteiger charge is -2.07. The molecule has 5 nitrogen and oxygen atoms in total. The second-order valence-corrected chi connectivity index (χ2v) is 4.14. The average molecular weight is 279 g/mol. The maximum atomic E-state index is 10.7. The van der Waals surface area contributed by atoms with E-state index in [1.165, 1.54) is 12.3 Å². The van der Waals surface area contributed by atoms with Crippen molar-refractivity contribution in [2.45, 2.75) is 6.42 Å². The number of hydrogen-bond donors (Lipinski definition) is 1. The maximum Gasteiger partial charge on any atom is 0.337 e. The summed E-state index contributed by atoms with van der Waals surface area (Å²) in [5.41, 5.74) is 0.933. The van der Waals surface area contributed by atoms with Crippen LogP contribution in [0.4, 0.5) is 0 Å². The maximum absolute atomic E-state index is 10.7. The Hall–Kier alpha value is -2.14. The largest absolute Gasteiger partial charge is 0.478 e. The molecule has 2 aromatic rings. The van der Waals surface area contributed by atoms with Crippen LogP contribution in [-0.4, -0.2) is 27.7 Å². The second kappa shape index (κ2) is 6.15. The molecule has 6 heteroatoms. The Morgan fingerprint density at radius 1 is 1.37 bits per heavy atom. The molecule has 0 bridgehead atoms. The fraction of sp³-hybridized carbons (Fsp3) is 0.154. The minimum absolute atomic E-state index is 0.0297. The molecule has 2 aromatic heterocycles. The molecule has 0 saturated carbocycles. The molecule has 0 radical (unpaired) electrons. The summed E-state index contributed by atoms with van der Waals surface area (Å²) in [4.78, 5) is 18.7. The summed E-state index contributed by atoms with van der Waals surface area (Å²) < 4.78 is 5.40. The van der Waals surface area contributed by atoms with Crippen LogP contribution < -0.4 is 4.74 Å². The van der Waals surface area contributed by atoms with Crippen LogP contribution in [0.15, 0.2) is 36.7 Å². The molecule has 19 heavy (non-hydrogen) atoms. The van der Waals surface area contributed by atoms with Gasteiger partial charge in [-0.25, -0.2) is 9.78 Å². The Balaban J connectivity index is 1.95. The topological polar surface area (TPSA) is 72.3 Å². The van der Waals surface area contributed by atoms with E-state index >= 15 is 0 Å². The molecule has 0 spiro atoms. The molecule has 0 unspecified atom stereocenters. The highest BCUT2D eigenvalue weighted by molar-refractivity contribution is 6.32. The van der Waals surface area contributed by atoms with Crippen LogP contribution in [0.5, 0.6) is 5.88 Å². The van der Waals surface area contributed by atoms with Crippen molar-refractivity contribution < 1.29 is 14.6 Å². The van der Waals surface area contributed by atoms with E-state index in [9.17, 15) is 4.79 Å². The SMILES string of the molecule is O=C(O)c1cnc(OCCc2ccccn2)c(Cl)c1. The molecule has 1 N–H and O–H groups in total. The molecular formula is C13H11ClN2O3. The van der Waals surface area contributed by atoms with Gasteiger partial charge in [0.25, 0.3) is 0 Å². The molecule has 2 rings (SSSR count). The standard InChI is InChI=1S/C13H11ClN2O3/c14-11-7-9(13(17)18)8-16-12(11)19-6-4-10-3-1-2-5-15-10/h1-3,5,7-8H,4,6H2,(H,17,18). The Morgan fingerprint density at radius 2 is 2.21 bits per heavy atom. The summed E-state index contributed by atoms with van der Waals surface area (Å²) in [5, 5.41) is 8.96. The first-order valence-corrected chi connectivity index (χ1v) is 5.96. The van der Waals surface area contributed by atoms with E-state index in [0.29, 0.717) is 13.0 Å². The van der Waals surface area contributed by atoms with Gasteiger partial charge in [0, 0.05) is 24.5 Å². The molecule has 0 aliphatic heterocycles. The van der Waals surface area contributed by atoms with Crippen LogP contribution in [0.25, 0.3) is 0 Å². The van der Waals surface area contributed by atoms with Gasteiger partial charge in [-0.1, -0.05) is 17.7 Å². The van der Waals surface area contributed by atoms with E-state index in [4.69, 9.17) is 21.4 Å². The molecule has 0 fully saturated rings. The van der Waals surface area contributed by atoms with Crippen molar-refractivity contribution >= 4 is 17.6 Å². The van der Waals surface area contributed by atoms with Crippen molar-refractivity contribution in [3.8, 4) is 5.88 Å². The van der Waals surface area contributed by atoms with E-state index in [0.717, 1.165) is 5.69 Å². The Bertz CT molecular complexity index is 575. The van der Waals surface area contributed by atoms with Gasteiger partial charge < -0.3 is 9.84 Å². The number of aromatic nitrogens is 2. The van der Waals surface area contributed by atoms with Crippen molar-refractivity contribution in [2.24, 2.45) is 0 Å². The Morgan fingerprint density at radius 3 is 2.84 bits per heavy atom. The molecule has 0 aliphatic carbocycles. The molecular weight excluding hydrogens is 268 g/mol. The summed E-state index contributed by atoms with van der Waals surface area (Å²) in [6.45, 7) is 0.371. The molecule has 0 atom stereocenters. The molecule has 0 amide bonds. The van der Waals surface area contributed by atoms with Crippen molar-refractivity contribution in [1.82, 2.24) is 9.97 Å². The molecule has 0 aromatic carbocycles. The van der Waals surface area contributed by atoms with Crippen LogP contribution in [0.2, 0.25) is 5.02 Å². The van der Waals surface area contributed by atoms with Crippen LogP contribution in [0.1, 0.15) is 16.1 Å². The highest BCUT2D eigenvalue weighted by atomic mass is 35.5. The number of carbonyl (C=O) groups is 1. The summed E-state index contributed by atoms with van der Waals surface area (Å²) in [6.07, 6.45) is 3.55. The van der Waals surface area contributed by atoms with Gasteiger partial charge in [-0.05, 0) is 18.2 Å². The van der Waals surface area contributed by atoms with Crippen LogP contribution in [0, 0.1) is 0 Å². The number of carboxylic acids is 1. The third kappa shape index (κ3) is 3.66. The van der Waals surface area contributed by atoms with Crippen LogP contribution >= 0.6 is 11.6 Å². The first-order valence-electron chi connectivity index (χ1n) is 5.58. The van der Waals surface area contributed by atoms with Crippen molar-refractivity contribution in [3.05, 3.63) is 52.9 Å². The number of halogens is 1. The van der Waals surface area contributed by atoms with Gasteiger partial charge in [-0.15, -0.1) is 0 Å². The highest BCUT2D eigenvalue weighted by Crippen LogP contribution is 2.22. The Kier molecular flexibility index (Phi) is 4.30. The predicted octanol–water partition coefficient (Wildman–Crippen LogP) is 2.45. The number of carboxylic acid groups (broad SMARTS) is 1. The Labute approximate surface area is 114 Å². The fourth-order valence-electron chi connectivity index (χ4n) is 1.45. The zero-order valence-corrected chi connectivity index (χ0v) is 10.7. The molecule has 0 aliphatic rings. The van der Waals surface area contributed by atoms with E-state index < -0.39 is 5.97 Å². The summed E-state index contributed by atoms with van der Waals surface area (Å²) in [5.74, 6) is -0.850. The van der Waals surface area contributed by atoms with Gasteiger partial charge in [0.2, 0.25) is 5.88 Å². The minimum atomic E-state index is -1.07. The second-order valence-electron chi connectivity index (χ2n) is 3.74. The van der Waals surface area contributed by atoms with E-state index in [-0.39, 0.29) is 16.5 Å². The van der Waals surface area contributed by atoms with E-state index in [2.05, 4.69) is 9.97 Å².